The van der Waals surface area contributed by atoms with Crippen LogP contribution in [0.25, 0.3) is 11.0 Å². The van der Waals surface area contributed by atoms with Crippen LogP contribution in [0.4, 0.5) is 0 Å². The molecule has 6 heteroatoms. The first-order valence-corrected chi connectivity index (χ1v) is 7.38. The second-order valence-electron chi connectivity index (χ2n) is 5.18. The summed E-state index contributed by atoms with van der Waals surface area (Å²) >= 11 is 3.48. The summed E-state index contributed by atoms with van der Waals surface area (Å²) in [6.45, 7) is 0. The normalized spacial score (nSPS) is 17.4. The molecule has 5 nitrogen and oxygen atoms in total. The number of nitrogens with zero attached hydrogens (tertiary/aromatic N) is 4. The molecular weight excluding hydrogens is 332 g/mol. The van der Waals surface area contributed by atoms with Crippen LogP contribution in [-0.2, 0) is 18.3 Å². The van der Waals surface area contributed by atoms with Crippen LogP contribution in [0.2, 0.25) is 0 Å². The van der Waals surface area contributed by atoms with Gasteiger partial charge >= 0.3 is 0 Å². The Kier molecular flexibility index (Phi) is 2.68. The van der Waals surface area contributed by atoms with Crippen LogP contribution in [0.3, 0.4) is 0 Å². The van der Waals surface area contributed by atoms with Crippen LogP contribution >= 0.6 is 15.9 Å². The van der Waals surface area contributed by atoms with Gasteiger partial charge in [0.25, 0.3) is 0 Å². The standard InChI is InChI=1S/C15H11BrN4O/c1-20-15-11(6-19-20)14(17-7-18-15)13-10-5-9(16)3-2-8(10)4-12(13)21/h2-3,5-7,13H,4H2,1H3. The van der Waals surface area contributed by atoms with Crippen LogP contribution in [0.15, 0.2) is 35.2 Å². The highest BCUT2D eigenvalue weighted by Crippen LogP contribution is 2.38. The van der Waals surface area contributed by atoms with Gasteiger partial charge in [-0.2, -0.15) is 5.10 Å². The van der Waals surface area contributed by atoms with Gasteiger partial charge in [-0.05, 0) is 23.3 Å². The minimum Gasteiger partial charge on any atom is -0.298 e. The zero-order valence-corrected chi connectivity index (χ0v) is 12.8. The van der Waals surface area contributed by atoms with Gasteiger partial charge in [-0.1, -0.05) is 22.0 Å². The summed E-state index contributed by atoms with van der Waals surface area (Å²) in [5.74, 6) is -0.154. The van der Waals surface area contributed by atoms with Gasteiger partial charge in [-0.15, -0.1) is 0 Å². The van der Waals surface area contributed by atoms with E-state index in [1.807, 2.05) is 25.2 Å². The Bertz CT molecular complexity index is 887. The summed E-state index contributed by atoms with van der Waals surface area (Å²) in [5.41, 5.74) is 3.59. The van der Waals surface area contributed by atoms with Gasteiger partial charge < -0.3 is 0 Å². The zero-order valence-electron chi connectivity index (χ0n) is 11.2. The molecule has 1 unspecified atom stereocenters. The predicted octanol–water partition coefficient (Wildman–Crippen LogP) is 2.38. The molecule has 1 aliphatic rings. The van der Waals surface area contributed by atoms with E-state index in [2.05, 4.69) is 31.0 Å². The Labute approximate surface area is 129 Å². The Hall–Kier alpha value is -2.08. The first kappa shape index (κ1) is 12.6. The Balaban J connectivity index is 1.98. The predicted molar refractivity (Wildman–Crippen MR) is 81.0 cm³/mol. The van der Waals surface area contributed by atoms with Crippen molar-refractivity contribution >= 4 is 32.7 Å². The SMILES string of the molecule is Cn1ncc2c(C3C(=O)Cc4ccc(Br)cc43)ncnc21. The fourth-order valence-electron chi connectivity index (χ4n) is 2.97. The third-order valence-electron chi connectivity index (χ3n) is 3.94. The molecule has 0 amide bonds. The Morgan fingerprint density at radius 3 is 3.05 bits per heavy atom. The van der Waals surface area contributed by atoms with Gasteiger partial charge in [0.15, 0.2) is 11.4 Å². The van der Waals surface area contributed by atoms with Gasteiger partial charge in [-0.3, -0.25) is 9.48 Å². The Morgan fingerprint density at radius 1 is 1.33 bits per heavy atom. The average Bonchev–Trinajstić information content (AvgIpc) is 2.99. The molecule has 4 rings (SSSR count). The maximum atomic E-state index is 12.5. The number of fused-ring (bicyclic) bond motifs is 2. The van der Waals surface area contributed by atoms with Crippen LogP contribution in [0, 0.1) is 0 Å². The fourth-order valence-corrected chi connectivity index (χ4v) is 3.35. The number of rotatable bonds is 1. The summed E-state index contributed by atoms with van der Waals surface area (Å²) in [5, 5.41) is 5.06. The molecule has 0 N–H and O–H groups in total. The first-order valence-electron chi connectivity index (χ1n) is 6.59. The van der Waals surface area contributed by atoms with E-state index in [1.54, 1.807) is 10.9 Å². The number of hydrogen-bond donors (Lipinski definition) is 0. The van der Waals surface area contributed by atoms with Crippen molar-refractivity contribution in [1.82, 2.24) is 19.7 Å². The summed E-state index contributed by atoms with van der Waals surface area (Å²) < 4.78 is 2.67. The van der Waals surface area contributed by atoms with Crippen molar-refractivity contribution in [3.8, 4) is 0 Å². The van der Waals surface area contributed by atoms with Gasteiger partial charge in [-0.25, -0.2) is 9.97 Å². The summed E-state index contributed by atoms with van der Waals surface area (Å²) in [4.78, 5) is 21.1. The van der Waals surface area contributed by atoms with Gasteiger partial charge in [0.05, 0.1) is 23.2 Å². The van der Waals surface area contributed by atoms with E-state index in [0.717, 1.165) is 32.3 Å². The minimum absolute atomic E-state index is 0.173. The number of hydrogen-bond acceptors (Lipinski definition) is 4. The van der Waals surface area contributed by atoms with Crippen molar-refractivity contribution in [2.24, 2.45) is 7.05 Å². The lowest BCUT2D eigenvalue weighted by Crippen LogP contribution is -2.10. The van der Waals surface area contributed by atoms with Crippen molar-refractivity contribution in [3.63, 3.8) is 0 Å². The van der Waals surface area contributed by atoms with E-state index < -0.39 is 0 Å². The molecule has 0 saturated heterocycles. The number of aryl methyl sites for hydroxylation is 1. The van der Waals surface area contributed by atoms with Crippen molar-refractivity contribution < 1.29 is 4.79 Å². The molecule has 0 saturated carbocycles. The molecule has 0 fully saturated rings. The molecule has 104 valence electrons. The van der Waals surface area contributed by atoms with Crippen LogP contribution in [-0.4, -0.2) is 25.5 Å². The molecule has 0 radical (unpaired) electrons. The minimum atomic E-state index is -0.327. The maximum absolute atomic E-state index is 12.5. The number of Topliss-reactive ketones (excluding diaryl/α,β-unsaturated/α-hetero) is 1. The first-order chi connectivity index (χ1) is 10.1. The lowest BCUT2D eigenvalue weighted by Gasteiger charge is -2.11. The molecule has 21 heavy (non-hydrogen) atoms. The van der Waals surface area contributed by atoms with Crippen LogP contribution in [0.5, 0.6) is 0 Å². The summed E-state index contributed by atoms with van der Waals surface area (Å²) in [7, 11) is 1.83. The smallest absolute Gasteiger partial charge is 0.161 e. The van der Waals surface area contributed by atoms with Crippen LogP contribution < -0.4 is 0 Å². The molecule has 1 aromatic carbocycles. The van der Waals surface area contributed by atoms with Crippen molar-refractivity contribution in [2.75, 3.05) is 0 Å². The molecule has 1 atom stereocenters. The highest BCUT2D eigenvalue weighted by atomic mass is 79.9. The van der Waals surface area contributed by atoms with Crippen molar-refractivity contribution in [3.05, 3.63) is 52.0 Å². The quantitative estimate of drug-likeness (QED) is 0.681. The number of aromatic nitrogens is 4. The average molecular weight is 343 g/mol. The zero-order chi connectivity index (χ0) is 14.6. The van der Waals surface area contributed by atoms with Crippen molar-refractivity contribution in [1.29, 1.82) is 0 Å². The number of carbonyl (C=O) groups excluding carboxylic acids is 1. The number of carbonyl (C=O) groups is 1. The highest BCUT2D eigenvalue weighted by Gasteiger charge is 2.34. The van der Waals surface area contributed by atoms with Gasteiger partial charge in [0, 0.05) is 17.9 Å². The van der Waals surface area contributed by atoms with E-state index >= 15 is 0 Å². The van der Waals surface area contributed by atoms with E-state index in [0.29, 0.717) is 6.42 Å². The molecule has 2 aromatic heterocycles. The number of ketones is 1. The third-order valence-corrected chi connectivity index (χ3v) is 4.43. The summed E-state index contributed by atoms with van der Waals surface area (Å²) in [6, 6.07) is 5.97. The molecule has 0 spiro atoms. The molecule has 1 aliphatic carbocycles. The monoisotopic (exact) mass is 342 g/mol. The molecule has 3 aromatic rings. The molecular formula is C15H11BrN4O. The van der Waals surface area contributed by atoms with E-state index in [1.165, 1.54) is 6.33 Å². The van der Waals surface area contributed by atoms with Gasteiger partial charge in [0.1, 0.15) is 6.33 Å². The fraction of sp³-hybridized carbons (Fsp3) is 0.200. The lowest BCUT2D eigenvalue weighted by molar-refractivity contribution is -0.118. The van der Waals surface area contributed by atoms with Crippen molar-refractivity contribution in [2.45, 2.75) is 12.3 Å². The highest BCUT2D eigenvalue weighted by molar-refractivity contribution is 9.10. The molecule has 2 heterocycles. The second kappa shape index (κ2) is 4.46. The molecule has 0 aliphatic heterocycles. The lowest BCUT2D eigenvalue weighted by atomic mass is 9.95. The van der Waals surface area contributed by atoms with E-state index in [9.17, 15) is 4.79 Å². The van der Waals surface area contributed by atoms with E-state index in [-0.39, 0.29) is 11.7 Å². The van der Waals surface area contributed by atoms with Gasteiger partial charge in [0.2, 0.25) is 0 Å². The maximum Gasteiger partial charge on any atom is 0.161 e. The topological polar surface area (TPSA) is 60.7 Å². The number of halogens is 1. The molecule has 0 bridgehead atoms. The summed E-state index contributed by atoms with van der Waals surface area (Å²) in [6.07, 6.45) is 3.69. The van der Waals surface area contributed by atoms with E-state index in [4.69, 9.17) is 0 Å². The second-order valence-corrected chi connectivity index (χ2v) is 6.10. The number of benzene rings is 1. The Morgan fingerprint density at radius 2 is 2.19 bits per heavy atom. The largest absolute Gasteiger partial charge is 0.298 e. The third kappa shape index (κ3) is 1.82. The van der Waals surface area contributed by atoms with Crippen LogP contribution in [0.1, 0.15) is 22.7 Å².